The van der Waals surface area contributed by atoms with E-state index in [0.717, 1.165) is 0 Å². The molecule has 0 aromatic rings. The number of halogens is 3. The Kier molecular flexibility index (Phi) is 29.3. The minimum Gasteiger partial charge on any atom is -0.179 e. The maximum atomic E-state index is 7.08. The first-order valence-corrected chi connectivity index (χ1v) is 2.39. The zero-order valence-electron chi connectivity index (χ0n) is 2.79. The first kappa shape index (κ1) is 9.61. The lowest BCUT2D eigenvalue weighted by Crippen LogP contribution is -1.24. The van der Waals surface area contributed by atoms with Gasteiger partial charge < -0.3 is 0 Å². The van der Waals surface area contributed by atoms with Crippen LogP contribution in [0.25, 0.3) is 0 Å². The van der Waals surface area contributed by atoms with Crippen molar-refractivity contribution in [3.05, 3.63) is 0 Å². The molecule has 0 aliphatic rings. The molecular formula is C2H2Cl3N. The zero-order valence-corrected chi connectivity index (χ0v) is 5.06. The molecule has 0 fully saturated rings. The average Bonchev–Trinajstić information content (AvgIpc) is 1.39. The molecule has 6 heavy (non-hydrogen) atoms. The summed E-state index contributed by atoms with van der Waals surface area (Å²) in [7, 11) is 0. The highest BCUT2D eigenvalue weighted by atomic mass is 35.5. The number of nitriles is 1. The van der Waals surface area contributed by atoms with E-state index in [1.54, 1.807) is 0 Å². The Balaban J connectivity index is 0. The van der Waals surface area contributed by atoms with Gasteiger partial charge in [-0.25, -0.2) is 0 Å². The maximum Gasteiger partial charge on any atom is 0.173 e. The third kappa shape index (κ3) is 380. The van der Waals surface area contributed by atoms with Gasteiger partial charge in [0.05, 0.1) is 5.34 Å². The van der Waals surface area contributed by atoms with E-state index in [-0.39, 0.29) is 5.34 Å². The largest absolute Gasteiger partial charge is 0.179 e. The monoisotopic (exact) mass is 145 g/mol. The molecule has 0 aliphatic heterocycles. The second-order valence-electron chi connectivity index (χ2n) is 0.186. The summed E-state index contributed by atoms with van der Waals surface area (Å²) in [5.74, 6) is 0. The summed E-state index contributed by atoms with van der Waals surface area (Å²) in [6.45, 7) is 0. The Morgan fingerprint density at radius 3 is 1.50 bits per heavy atom. The van der Waals surface area contributed by atoms with E-state index in [1.807, 2.05) is 0 Å². The average molecular weight is 146 g/mol. The van der Waals surface area contributed by atoms with Crippen molar-refractivity contribution >= 4 is 34.8 Å². The van der Waals surface area contributed by atoms with Crippen molar-refractivity contribution in [3.63, 3.8) is 0 Å². The first-order chi connectivity index (χ1) is 2.83. The molecule has 0 heterocycles. The van der Waals surface area contributed by atoms with Crippen molar-refractivity contribution in [1.29, 1.82) is 5.26 Å². The third-order valence-electron chi connectivity index (χ3n) is 0. The van der Waals surface area contributed by atoms with Crippen LogP contribution in [0.1, 0.15) is 0 Å². The summed E-state index contributed by atoms with van der Waals surface area (Å²) in [6.07, 6.45) is 0. The Bertz CT molecular complexity index is 38.5. The molecule has 0 aromatic heterocycles. The van der Waals surface area contributed by atoms with Gasteiger partial charge in [-0.2, -0.15) is 5.26 Å². The molecule has 0 amide bonds. The minimum atomic E-state index is 0.194. The van der Waals surface area contributed by atoms with E-state index >= 15 is 0 Å². The van der Waals surface area contributed by atoms with E-state index in [0.29, 0.717) is 0 Å². The first-order valence-electron chi connectivity index (χ1n) is 0.947. The molecule has 0 unspecified atom stereocenters. The summed E-state index contributed by atoms with van der Waals surface area (Å²) in [5, 5.41) is 7.28. The molecule has 0 bridgehead atoms. The summed E-state index contributed by atoms with van der Waals surface area (Å²) in [6, 6.07) is 0. The van der Waals surface area contributed by atoms with Crippen LogP contribution < -0.4 is 0 Å². The van der Waals surface area contributed by atoms with Crippen LogP contribution in [0.5, 0.6) is 0 Å². The van der Waals surface area contributed by atoms with Gasteiger partial charge in [0.2, 0.25) is 0 Å². The third-order valence-corrected chi connectivity index (χ3v) is 0. The van der Waals surface area contributed by atoms with E-state index in [9.17, 15) is 0 Å². The van der Waals surface area contributed by atoms with Gasteiger partial charge in [0, 0.05) is 11.6 Å². The SMILES string of the molecule is ClCCl.N#CCl. The van der Waals surface area contributed by atoms with Crippen molar-refractivity contribution in [2.24, 2.45) is 0 Å². The summed E-state index contributed by atoms with van der Waals surface area (Å²) in [4.78, 5) is 0. The molecule has 0 aromatic carbocycles. The van der Waals surface area contributed by atoms with Crippen LogP contribution in [-0.4, -0.2) is 5.34 Å². The van der Waals surface area contributed by atoms with Crippen molar-refractivity contribution in [2.75, 3.05) is 5.34 Å². The van der Waals surface area contributed by atoms with Crippen LogP contribution in [0.4, 0.5) is 0 Å². The van der Waals surface area contributed by atoms with Gasteiger partial charge in [0.15, 0.2) is 5.53 Å². The van der Waals surface area contributed by atoms with Crippen molar-refractivity contribution in [1.82, 2.24) is 0 Å². The van der Waals surface area contributed by atoms with E-state index in [1.165, 1.54) is 5.53 Å². The van der Waals surface area contributed by atoms with Gasteiger partial charge in [0.25, 0.3) is 0 Å². The number of rotatable bonds is 0. The molecule has 0 aliphatic carbocycles. The molecule has 0 saturated carbocycles. The number of hydrogen-bond donors (Lipinski definition) is 0. The number of nitrogens with zero attached hydrogens (tertiary/aromatic N) is 1. The fraction of sp³-hybridized carbons (Fsp3) is 0.500. The molecule has 0 spiro atoms. The quantitative estimate of drug-likeness (QED) is 0.480. The lowest BCUT2D eigenvalue weighted by Gasteiger charge is -1.42. The van der Waals surface area contributed by atoms with Gasteiger partial charge in [-0.15, -0.1) is 23.2 Å². The Hall–Kier alpha value is 0.360. The molecule has 0 rings (SSSR count). The van der Waals surface area contributed by atoms with Crippen molar-refractivity contribution in [3.8, 4) is 5.53 Å². The topological polar surface area (TPSA) is 23.8 Å². The number of alkyl halides is 2. The minimum absolute atomic E-state index is 0.194. The van der Waals surface area contributed by atoms with Crippen LogP contribution in [0.3, 0.4) is 0 Å². The molecule has 0 atom stereocenters. The van der Waals surface area contributed by atoms with Crippen molar-refractivity contribution in [2.45, 2.75) is 0 Å². The zero-order chi connectivity index (χ0) is 5.41. The lowest BCUT2D eigenvalue weighted by molar-refractivity contribution is 1.57. The fourth-order valence-corrected chi connectivity index (χ4v) is 0. The van der Waals surface area contributed by atoms with E-state index < -0.39 is 0 Å². The molecule has 0 N–H and O–H groups in total. The Morgan fingerprint density at radius 1 is 1.50 bits per heavy atom. The van der Waals surface area contributed by atoms with Gasteiger partial charge >= 0.3 is 0 Å². The van der Waals surface area contributed by atoms with Crippen LogP contribution in [0.15, 0.2) is 0 Å². The highest BCUT2D eigenvalue weighted by molar-refractivity contribution is 6.40. The molecular weight excluding hydrogens is 144 g/mol. The fourth-order valence-electron chi connectivity index (χ4n) is 0. The normalized spacial score (nSPS) is 4.33. The van der Waals surface area contributed by atoms with E-state index in [2.05, 4.69) is 11.6 Å². The second-order valence-corrected chi connectivity index (χ2v) is 1.16. The van der Waals surface area contributed by atoms with Crippen LogP contribution in [0, 0.1) is 10.8 Å². The van der Waals surface area contributed by atoms with Gasteiger partial charge in [-0.3, -0.25) is 0 Å². The Labute approximate surface area is 51.4 Å². The lowest BCUT2D eigenvalue weighted by atomic mass is 11.8. The highest BCUT2D eigenvalue weighted by Gasteiger charge is 1.41. The smallest absolute Gasteiger partial charge is 0.173 e. The predicted octanol–water partition coefficient (Wildman–Crippen LogP) is 2.13. The molecule has 1 nitrogen and oxygen atoms in total. The maximum absolute atomic E-state index is 7.08. The van der Waals surface area contributed by atoms with E-state index in [4.69, 9.17) is 28.5 Å². The summed E-state index contributed by atoms with van der Waals surface area (Å²) < 4.78 is 0. The second kappa shape index (κ2) is 18.3. The molecule has 36 valence electrons. The predicted molar refractivity (Wildman–Crippen MR) is 28.0 cm³/mol. The highest BCUT2D eigenvalue weighted by Crippen LogP contribution is 1.73. The van der Waals surface area contributed by atoms with Crippen molar-refractivity contribution < 1.29 is 0 Å². The Morgan fingerprint density at radius 2 is 1.50 bits per heavy atom. The summed E-state index contributed by atoms with van der Waals surface area (Å²) in [5.41, 5.74) is 1.22. The summed E-state index contributed by atoms with van der Waals surface area (Å²) >= 11 is 13.8. The van der Waals surface area contributed by atoms with Crippen LogP contribution in [-0.2, 0) is 0 Å². The van der Waals surface area contributed by atoms with Crippen LogP contribution in [0.2, 0.25) is 0 Å². The standard InChI is InChI=1S/CH2Cl2.CClN/c2*2-1-3/h1H2;. The molecule has 4 heteroatoms. The number of hydrogen-bond acceptors (Lipinski definition) is 1. The van der Waals surface area contributed by atoms with Gasteiger partial charge in [-0.05, 0) is 0 Å². The van der Waals surface area contributed by atoms with Gasteiger partial charge in [0.1, 0.15) is 0 Å². The van der Waals surface area contributed by atoms with Crippen LogP contribution >= 0.6 is 34.8 Å². The molecule has 0 saturated heterocycles. The molecule has 0 radical (unpaired) electrons. The van der Waals surface area contributed by atoms with Gasteiger partial charge in [-0.1, -0.05) is 0 Å².